The Bertz CT molecular complexity index is 1400. The summed E-state index contributed by atoms with van der Waals surface area (Å²) >= 11 is 1.68. The van der Waals surface area contributed by atoms with E-state index in [-0.39, 0.29) is 5.91 Å². The predicted octanol–water partition coefficient (Wildman–Crippen LogP) is 7.71. The highest BCUT2D eigenvalue weighted by Gasteiger charge is 2.23. The zero-order valence-electron chi connectivity index (χ0n) is 22.7. The normalized spacial score (nSPS) is 11.1. The zero-order valence-corrected chi connectivity index (χ0v) is 23.5. The Balaban J connectivity index is 1.51. The second-order valence-corrected chi connectivity index (χ2v) is 10.9. The fraction of sp³-hybridized carbons (Fsp3) is 0.219. The number of nitrogens with zero attached hydrogens (tertiary/aromatic N) is 2. The molecule has 0 atom stereocenters. The van der Waals surface area contributed by atoms with Crippen LogP contribution in [-0.2, 0) is 11.2 Å². The number of aromatic nitrogens is 1. The van der Waals surface area contributed by atoms with Crippen LogP contribution in [0.2, 0.25) is 0 Å². The molecule has 0 aliphatic heterocycles. The lowest BCUT2D eigenvalue weighted by atomic mass is 9.99. The van der Waals surface area contributed by atoms with E-state index in [1.807, 2.05) is 93.8 Å². The largest absolute Gasteiger partial charge is 0.443 e. The maximum absolute atomic E-state index is 13.3. The number of ether oxygens (including phenoxy) is 1. The number of carbonyl (C=O) groups excluding carboxylic acids is 2. The molecule has 0 aliphatic carbocycles. The van der Waals surface area contributed by atoms with Gasteiger partial charge in [-0.2, -0.15) is 0 Å². The molecule has 2 amide bonds. The van der Waals surface area contributed by atoms with Crippen molar-refractivity contribution < 1.29 is 14.3 Å². The molecule has 1 N–H and O–H groups in total. The Hall–Kier alpha value is -4.10. The van der Waals surface area contributed by atoms with Gasteiger partial charge in [0.05, 0.1) is 0 Å². The molecule has 200 valence electrons. The molecule has 1 aromatic heterocycles. The van der Waals surface area contributed by atoms with E-state index in [0.29, 0.717) is 29.9 Å². The molecule has 0 aliphatic rings. The number of amides is 2. The van der Waals surface area contributed by atoms with Gasteiger partial charge in [-0.15, -0.1) is 11.8 Å². The van der Waals surface area contributed by atoms with Crippen molar-refractivity contribution in [3.8, 4) is 11.1 Å². The fourth-order valence-electron chi connectivity index (χ4n) is 4.04. The van der Waals surface area contributed by atoms with Crippen LogP contribution in [0.15, 0.2) is 102 Å². The molecular formula is C32H33N3O3S. The monoisotopic (exact) mass is 539 g/mol. The first kappa shape index (κ1) is 27.9. The average molecular weight is 540 g/mol. The van der Waals surface area contributed by atoms with Crippen molar-refractivity contribution in [3.63, 3.8) is 0 Å². The second-order valence-electron chi connectivity index (χ2n) is 9.98. The summed E-state index contributed by atoms with van der Waals surface area (Å²) in [6, 6.07) is 28.7. The highest BCUT2D eigenvalue weighted by Crippen LogP contribution is 2.27. The van der Waals surface area contributed by atoms with Crippen LogP contribution in [0.5, 0.6) is 0 Å². The summed E-state index contributed by atoms with van der Waals surface area (Å²) in [6.45, 7) is 5.93. The minimum Gasteiger partial charge on any atom is -0.443 e. The summed E-state index contributed by atoms with van der Waals surface area (Å²) in [7, 11) is 0. The lowest BCUT2D eigenvalue weighted by Gasteiger charge is -2.27. The molecule has 0 saturated heterocycles. The van der Waals surface area contributed by atoms with Crippen molar-refractivity contribution in [2.45, 2.75) is 37.7 Å². The topological polar surface area (TPSA) is 71.5 Å². The van der Waals surface area contributed by atoms with E-state index in [1.165, 1.54) is 4.90 Å². The van der Waals surface area contributed by atoms with Crippen molar-refractivity contribution in [1.29, 1.82) is 0 Å². The van der Waals surface area contributed by atoms with Crippen LogP contribution in [0.3, 0.4) is 0 Å². The number of carbonyl (C=O) groups is 2. The minimum absolute atomic E-state index is 0.202. The van der Waals surface area contributed by atoms with Crippen LogP contribution >= 0.6 is 11.8 Å². The van der Waals surface area contributed by atoms with Gasteiger partial charge < -0.3 is 10.1 Å². The number of pyridine rings is 1. The quantitative estimate of drug-likeness (QED) is 0.232. The smallest absolute Gasteiger partial charge is 0.414 e. The summed E-state index contributed by atoms with van der Waals surface area (Å²) in [5.74, 6) is -0.202. The Labute approximate surface area is 234 Å². The number of thioether (sulfide) groups is 1. The number of nitrogens with one attached hydrogen (secondary N) is 1. The van der Waals surface area contributed by atoms with Crippen molar-refractivity contribution in [3.05, 3.63) is 108 Å². The van der Waals surface area contributed by atoms with E-state index in [0.717, 1.165) is 16.8 Å². The predicted molar refractivity (Wildman–Crippen MR) is 160 cm³/mol. The summed E-state index contributed by atoms with van der Waals surface area (Å²) in [5.41, 5.74) is 4.00. The van der Waals surface area contributed by atoms with Gasteiger partial charge >= 0.3 is 6.09 Å². The number of rotatable bonds is 8. The van der Waals surface area contributed by atoms with Crippen molar-refractivity contribution in [2.75, 3.05) is 23.0 Å². The standard InChI is InChI=1S/C32H33N3O3S/c1-32(2,3)38-31(37)35(22-20-24-9-7-8-21-33-24)26-16-14-25(15-17-26)34-30(36)29-11-6-5-10-28(29)23-12-18-27(39-4)19-13-23/h5-19,21H,20,22H2,1-4H3,(H,34,36). The minimum atomic E-state index is -0.628. The SMILES string of the molecule is CSc1ccc(-c2ccccc2C(=O)Nc2ccc(N(CCc3ccccn3)C(=O)OC(C)(C)C)cc2)cc1. The van der Waals surface area contributed by atoms with E-state index >= 15 is 0 Å². The summed E-state index contributed by atoms with van der Waals surface area (Å²) in [5, 5.41) is 2.99. The average Bonchev–Trinajstić information content (AvgIpc) is 2.93. The van der Waals surface area contributed by atoms with Gasteiger partial charge in [0.2, 0.25) is 0 Å². The Morgan fingerprint density at radius 1 is 0.897 bits per heavy atom. The summed E-state index contributed by atoms with van der Waals surface area (Å²) in [6.07, 6.45) is 3.92. The first-order valence-electron chi connectivity index (χ1n) is 12.8. The van der Waals surface area contributed by atoms with Crippen LogP contribution in [0.1, 0.15) is 36.8 Å². The highest BCUT2D eigenvalue weighted by molar-refractivity contribution is 7.98. The second kappa shape index (κ2) is 12.6. The summed E-state index contributed by atoms with van der Waals surface area (Å²) in [4.78, 5) is 33.4. The van der Waals surface area contributed by atoms with Gasteiger partial charge in [-0.1, -0.05) is 36.4 Å². The van der Waals surface area contributed by atoms with Crippen LogP contribution in [0.4, 0.5) is 16.2 Å². The zero-order chi connectivity index (χ0) is 27.8. The number of hydrogen-bond donors (Lipinski definition) is 1. The third-order valence-corrected chi connectivity index (χ3v) is 6.68. The molecule has 39 heavy (non-hydrogen) atoms. The molecule has 1 heterocycles. The van der Waals surface area contributed by atoms with Gasteiger partial charge in [0.15, 0.2) is 0 Å². The van der Waals surface area contributed by atoms with Crippen LogP contribution in [-0.4, -0.2) is 35.4 Å². The Morgan fingerprint density at radius 3 is 2.23 bits per heavy atom. The molecule has 6 nitrogen and oxygen atoms in total. The molecule has 0 saturated carbocycles. The molecule has 4 aromatic rings. The molecule has 0 bridgehead atoms. The molecule has 3 aromatic carbocycles. The van der Waals surface area contributed by atoms with E-state index < -0.39 is 11.7 Å². The van der Waals surface area contributed by atoms with Gasteiger partial charge in [-0.25, -0.2) is 4.79 Å². The molecule has 7 heteroatoms. The van der Waals surface area contributed by atoms with E-state index in [2.05, 4.69) is 22.4 Å². The molecular weight excluding hydrogens is 506 g/mol. The van der Waals surface area contributed by atoms with Crippen molar-refractivity contribution >= 4 is 35.1 Å². The summed E-state index contributed by atoms with van der Waals surface area (Å²) < 4.78 is 5.66. The first-order chi connectivity index (χ1) is 18.7. The number of anilines is 2. The van der Waals surface area contributed by atoms with E-state index in [1.54, 1.807) is 35.0 Å². The van der Waals surface area contributed by atoms with Crippen molar-refractivity contribution in [1.82, 2.24) is 4.98 Å². The van der Waals surface area contributed by atoms with E-state index in [9.17, 15) is 9.59 Å². The maximum Gasteiger partial charge on any atom is 0.414 e. The van der Waals surface area contributed by atoms with Gasteiger partial charge in [0.25, 0.3) is 5.91 Å². The molecule has 0 spiro atoms. The highest BCUT2D eigenvalue weighted by atomic mass is 32.2. The van der Waals surface area contributed by atoms with Gasteiger partial charge in [-0.05, 0) is 92.8 Å². The Morgan fingerprint density at radius 2 is 1.59 bits per heavy atom. The van der Waals surface area contributed by atoms with Crippen molar-refractivity contribution in [2.24, 2.45) is 0 Å². The van der Waals surface area contributed by atoms with Gasteiger partial charge in [0, 0.05) is 46.7 Å². The number of benzene rings is 3. The fourth-order valence-corrected chi connectivity index (χ4v) is 4.45. The van der Waals surface area contributed by atoms with Crippen LogP contribution in [0.25, 0.3) is 11.1 Å². The lowest BCUT2D eigenvalue weighted by molar-refractivity contribution is 0.0580. The molecule has 0 fully saturated rings. The maximum atomic E-state index is 13.3. The number of hydrogen-bond acceptors (Lipinski definition) is 5. The first-order valence-corrected chi connectivity index (χ1v) is 14.0. The lowest BCUT2D eigenvalue weighted by Crippen LogP contribution is -2.38. The molecule has 4 rings (SSSR count). The third-order valence-electron chi connectivity index (χ3n) is 5.94. The molecule has 0 radical (unpaired) electrons. The Kier molecular flexibility index (Phi) is 9.04. The van der Waals surface area contributed by atoms with Gasteiger partial charge in [0.1, 0.15) is 5.60 Å². The molecule has 0 unspecified atom stereocenters. The van der Waals surface area contributed by atoms with Gasteiger partial charge in [-0.3, -0.25) is 14.7 Å². The third kappa shape index (κ3) is 7.71. The van der Waals surface area contributed by atoms with Crippen LogP contribution in [0, 0.1) is 0 Å². The van der Waals surface area contributed by atoms with Crippen LogP contribution < -0.4 is 10.2 Å². The van der Waals surface area contributed by atoms with E-state index in [4.69, 9.17) is 4.74 Å².